The second-order valence-electron chi connectivity index (χ2n) is 6.76. The van der Waals surface area contributed by atoms with Crippen LogP contribution in [0.2, 0.25) is 0 Å². The van der Waals surface area contributed by atoms with Crippen molar-refractivity contribution in [3.05, 3.63) is 38.7 Å². The first-order valence-corrected chi connectivity index (χ1v) is 7.83. The highest BCUT2D eigenvalue weighted by Gasteiger charge is 2.35. The first-order chi connectivity index (χ1) is 11.3. The molecule has 0 aliphatic carbocycles. The average molecular weight is 404 g/mol. The normalized spacial score (nSPS) is 19.2. The molecule has 26 heavy (non-hydrogen) atoms. The van der Waals surface area contributed by atoms with Gasteiger partial charge in [0.15, 0.2) is 0 Å². The number of fused-ring (bicyclic) bond motifs is 1. The Morgan fingerprint density at radius 1 is 1.23 bits per heavy atom. The van der Waals surface area contributed by atoms with Crippen molar-refractivity contribution in [2.24, 2.45) is 25.2 Å². The van der Waals surface area contributed by atoms with Crippen molar-refractivity contribution in [1.82, 2.24) is 19.0 Å². The number of carbonyl (C=O) groups is 1. The fraction of sp³-hybridized carbons (Fsp3) is 0.500. The molecule has 144 valence electrons. The monoisotopic (exact) mass is 403 g/mol. The molecule has 0 saturated carbocycles. The van der Waals surface area contributed by atoms with Crippen molar-refractivity contribution < 1.29 is 4.79 Å². The highest BCUT2D eigenvalue weighted by atomic mass is 35.5. The number of halogens is 2. The molecule has 0 spiro atoms. The molecule has 0 aromatic carbocycles. The highest BCUT2D eigenvalue weighted by Crippen LogP contribution is 2.29. The lowest BCUT2D eigenvalue weighted by molar-refractivity contribution is 0.0771. The molecule has 1 aliphatic heterocycles. The Kier molecular flexibility index (Phi) is 6.62. The summed E-state index contributed by atoms with van der Waals surface area (Å²) >= 11 is 0. The van der Waals surface area contributed by atoms with Crippen LogP contribution in [0.25, 0.3) is 11.0 Å². The van der Waals surface area contributed by atoms with Gasteiger partial charge in [0.2, 0.25) is 0 Å². The molecule has 1 aliphatic rings. The Hall–Kier alpha value is -1.90. The van der Waals surface area contributed by atoms with Gasteiger partial charge in [-0.3, -0.25) is 18.7 Å². The third-order valence-corrected chi connectivity index (χ3v) is 4.86. The standard InChI is InChI=1S/C16H21N5O3.2ClH/c1-16(8-17)6-7-21(9-16)14(23)11-5-4-10-12(18-11)19(2)15(24)20(3)13(10)22;;/h4-5H,6-9,17H2,1-3H3;2*1H. The lowest BCUT2D eigenvalue weighted by Gasteiger charge is -2.22. The van der Waals surface area contributed by atoms with Crippen molar-refractivity contribution in [3.63, 3.8) is 0 Å². The van der Waals surface area contributed by atoms with Crippen LogP contribution in [0.5, 0.6) is 0 Å². The van der Waals surface area contributed by atoms with E-state index in [2.05, 4.69) is 11.9 Å². The van der Waals surface area contributed by atoms with Crippen LogP contribution in [0.1, 0.15) is 23.8 Å². The summed E-state index contributed by atoms with van der Waals surface area (Å²) in [4.78, 5) is 42.9. The Labute approximate surface area is 162 Å². The zero-order valence-corrected chi connectivity index (χ0v) is 16.5. The van der Waals surface area contributed by atoms with Gasteiger partial charge in [0.25, 0.3) is 11.5 Å². The summed E-state index contributed by atoms with van der Waals surface area (Å²) < 4.78 is 2.31. The van der Waals surface area contributed by atoms with E-state index in [1.165, 1.54) is 24.7 Å². The number of hydrogen-bond donors (Lipinski definition) is 1. The van der Waals surface area contributed by atoms with E-state index in [-0.39, 0.29) is 47.5 Å². The van der Waals surface area contributed by atoms with E-state index in [0.717, 1.165) is 11.0 Å². The van der Waals surface area contributed by atoms with Crippen LogP contribution in [-0.4, -0.2) is 44.6 Å². The van der Waals surface area contributed by atoms with Crippen molar-refractivity contribution in [3.8, 4) is 0 Å². The van der Waals surface area contributed by atoms with E-state index in [9.17, 15) is 14.4 Å². The predicted octanol–water partition coefficient (Wildman–Crippen LogP) is 0.287. The summed E-state index contributed by atoms with van der Waals surface area (Å²) in [6.07, 6.45) is 0.849. The SMILES string of the molecule is Cl.Cl.Cn1c(=O)c2ccc(C(=O)N3CCC(C)(CN)C3)nc2n(C)c1=O. The molecule has 8 nitrogen and oxygen atoms in total. The van der Waals surface area contributed by atoms with Gasteiger partial charge >= 0.3 is 5.69 Å². The zero-order chi connectivity index (χ0) is 17.6. The Morgan fingerprint density at radius 2 is 1.88 bits per heavy atom. The molecular weight excluding hydrogens is 381 g/mol. The first-order valence-electron chi connectivity index (χ1n) is 7.83. The lowest BCUT2D eigenvalue weighted by Crippen LogP contribution is -2.38. The van der Waals surface area contributed by atoms with Crippen LogP contribution in [0.15, 0.2) is 21.7 Å². The number of nitrogens with two attached hydrogens (primary N) is 1. The minimum absolute atomic E-state index is 0. The lowest BCUT2D eigenvalue weighted by atomic mass is 9.90. The summed E-state index contributed by atoms with van der Waals surface area (Å²) in [7, 11) is 2.95. The number of nitrogens with zero attached hydrogens (tertiary/aromatic N) is 4. The molecule has 1 fully saturated rings. The smallest absolute Gasteiger partial charge is 0.332 e. The minimum Gasteiger partial charge on any atom is -0.337 e. The maximum atomic E-state index is 12.7. The molecule has 10 heteroatoms. The molecule has 3 rings (SSSR count). The molecule has 0 radical (unpaired) electrons. The van der Waals surface area contributed by atoms with E-state index in [1.807, 2.05) is 0 Å². The summed E-state index contributed by atoms with van der Waals surface area (Å²) in [5.74, 6) is -0.206. The molecule has 1 unspecified atom stereocenters. The van der Waals surface area contributed by atoms with Gasteiger partial charge in [-0.25, -0.2) is 9.78 Å². The topological polar surface area (TPSA) is 103 Å². The van der Waals surface area contributed by atoms with Crippen LogP contribution in [0, 0.1) is 5.41 Å². The van der Waals surface area contributed by atoms with E-state index in [0.29, 0.717) is 25.0 Å². The third kappa shape index (κ3) is 3.49. The van der Waals surface area contributed by atoms with Gasteiger partial charge in [-0.1, -0.05) is 6.92 Å². The van der Waals surface area contributed by atoms with Crippen molar-refractivity contribution in [2.45, 2.75) is 13.3 Å². The van der Waals surface area contributed by atoms with Crippen LogP contribution >= 0.6 is 24.8 Å². The number of carbonyl (C=O) groups excluding carboxylic acids is 1. The maximum Gasteiger partial charge on any atom is 0.332 e. The predicted molar refractivity (Wildman–Crippen MR) is 104 cm³/mol. The van der Waals surface area contributed by atoms with Crippen LogP contribution < -0.4 is 17.0 Å². The van der Waals surface area contributed by atoms with Crippen LogP contribution in [0.3, 0.4) is 0 Å². The summed E-state index contributed by atoms with van der Waals surface area (Å²) in [5.41, 5.74) is 5.26. The number of aryl methyl sites for hydroxylation is 1. The largest absolute Gasteiger partial charge is 0.337 e. The van der Waals surface area contributed by atoms with Gasteiger partial charge in [0.1, 0.15) is 11.3 Å². The molecular formula is C16H23Cl2N5O3. The number of amides is 1. The number of likely N-dealkylation sites (tertiary alicyclic amines) is 1. The van der Waals surface area contributed by atoms with E-state index in [1.54, 1.807) is 11.0 Å². The maximum absolute atomic E-state index is 12.7. The molecule has 1 amide bonds. The zero-order valence-electron chi connectivity index (χ0n) is 14.9. The van der Waals surface area contributed by atoms with Crippen LogP contribution in [-0.2, 0) is 14.1 Å². The number of pyridine rings is 1. The Balaban J connectivity index is 0.00000169. The van der Waals surface area contributed by atoms with Gasteiger partial charge in [0.05, 0.1) is 5.39 Å². The van der Waals surface area contributed by atoms with Gasteiger partial charge in [-0.05, 0) is 30.5 Å². The van der Waals surface area contributed by atoms with Gasteiger partial charge < -0.3 is 10.6 Å². The van der Waals surface area contributed by atoms with E-state index in [4.69, 9.17) is 5.73 Å². The second-order valence-corrected chi connectivity index (χ2v) is 6.76. The Morgan fingerprint density at radius 3 is 2.46 bits per heavy atom. The van der Waals surface area contributed by atoms with Crippen molar-refractivity contribution in [2.75, 3.05) is 19.6 Å². The molecule has 2 aromatic heterocycles. The number of hydrogen-bond acceptors (Lipinski definition) is 5. The summed E-state index contributed by atoms with van der Waals surface area (Å²) in [6, 6.07) is 3.09. The highest BCUT2D eigenvalue weighted by molar-refractivity contribution is 5.94. The van der Waals surface area contributed by atoms with Gasteiger partial charge in [-0.2, -0.15) is 0 Å². The minimum atomic E-state index is -0.471. The third-order valence-electron chi connectivity index (χ3n) is 4.86. The van der Waals surface area contributed by atoms with Crippen molar-refractivity contribution >= 4 is 41.8 Å². The fourth-order valence-corrected chi connectivity index (χ4v) is 3.10. The summed E-state index contributed by atoms with van der Waals surface area (Å²) in [6.45, 7) is 3.78. The second kappa shape index (κ2) is 7.77. The summed E-state index contributed by atoms with van der Waals surface area (Å²) in [5, 5.41) is 0.310. The van der Waals surface area contributed by atoms with Gasteiger partial charge in [0, 0.05) is 27.2 Å². The quantitative estimate of drug-likeness (QED) is 0.775. The van der Waals surface area contributed by atoms with Crippen LogP contribution in [0.4, 0.5) is 0 Å². The average Bonchev–Trinajstić information content (AvgIpc) is 3.00. The van der Waals surface area contributed by atoms with E-state index >= 15 is 0 Å². The first kappa shape index (κ1) is 22.1. The van der Waals surface area contributed by atoms with Crippen molar-refractivity contribution in [1.29, 1.82) is 0 Å². The molecule has 1 atom stereocenters. The molecule has 0 bridgehead atoms. The molecule has 2 aromatic rings. The molecule has 1 saturated heterocycles. The van der Waals surface area contributed by atoms with E-state index < -0.39 is 11.2 Å². The Bertz CT molecular complexity index is 955. The number of rotatable bonds is 2. The molecule has 2 N–H and O–H groups in total. The van der Waals surface area contributed by atoms with Gasteiger partial charge in [-0.15, -0.1) is 24.8 Å². The molecule has 3 heterocycles. The number of aromatic nitrogens is 3. The fourth-order valence-electron chi connectivity index (χ4n) is 3.10.